The summed E-state index contributed by atoms with van der Waals surface area (Å²) in [5.41, 5.74) is -0.376. The molecule has 3 heterocycles. The van der Waals surface area contributed by atoms with Gasteiger partial charge >= 0.3 is 12.2 Å². The van der Waals surface area contributed by atoms with Crippen LogP contribution in [0.3, 0.4) is 0 Å². The molecular weight excluding hydrogens is 678 g/mol. The molecule has 4 aliphatic rings. The maximum absolute atomic E-state index is 14.3. The highest BCUT2D eigenvalue weighted by Crippen LogP contribution is 2.46. The lowest BCUT2D eigenvalue weighted by Crippen LogP contribution is -2.59. The summed E-state index contributed by atoms with van der Waals surface area (Å²) in [6.07, 6.45) is 4.65. The number of nitrogens with one attached hydrogen (secondary N) is 3. The van der Waals surface area contributed by atoms with Crippen LogP contribution in [0.15, 0.2) is 36.4 Å². The van der Waals surface area contributed by atoms with Crippen LogP contribution < -0.4 is 15.4 Å². The molecule has 1 aliphatic carbocycles. The van der Waals surface area contributed by atoms with Gasteiger partial charge in [-0.15, -0.1) is 0 Å². The Balaban J connectivity index is 1.42. The van der Waals surface area contributed by atoms with Crippen LogP contribution in [0.1, 0.15) is 97.6 Å². The van der Waals surface area contributed by atoms with E-state index < -0.39 is 79.9 Å². The van der Waals surface area contributed by atoms with Gasteiger partial charge in [0.25, 0.3) is 5.91 Å². The number of hydrogen-bond donors (Lipinski definition) is 3. The van der Waals surface area contributed by atoms with E-state index in [-0.39, 0.29) is 25.8 Å². The van der Waals surface area contributed by atoms with Crippen LogP contribution in [0.25, 0.3) is 0 Å². The van der Waals surface area contributed by atoms with Crippen molar-refractivity contribution in [1.82, 2.24) is 25.2 Å². The maximum Gasteiger partial charge on any atom is 0.410 e. The molecule has 2 fully saturated rings. The summed E-state index contributed by atoms with van der Waals surface area (Å²) < 4.78 is 38.2. The number of sulfonamides is 1. The molecule has 0 spiro atoms. The fourth-order valence-corrected chi connectivity index (χ4v) is 7.39. The van der Waals surface area contributed by atoms with Crippen molar-refractivity contribution in [1.29, 1.82) is 0 Å². The second kappa shape index (κ2) is 14.5. The number of alkyl carbamates (subject to hydrolysis) is 1. The third-order valence-corrected chi connectivity index (χ3v) is 11.8. The Morgan fingerprint density at radius 3 is 2.27 bits per heavy atom. The van der Waals surface area contributed by atoms with Gasteiger partial charge in [0.15, 0.2) is 0 Å². The molecule has 5 rings (SSSR count). The monoisotopic (exact) mass is 729 g/mol. The number of carbonyl (C=O) groups excluding carboxylic acids is 5. The molecule has 1 aromatic rings. The molecular formula is C36H51N5O9S. The summed E-state index contributed by atoms with van der Waals surface area (Å²) in [7, 11) is -4.10. The Bertz CT molecular complexity index is 1660. The van der Waals surface area contributed by atoms with Crippen molar-refractivity contribution in [3.05, 3.63) is 47.5 Å². The van der Waals surface area contributed by atoms with Crippen molar-refractivity contribution >= 4 is 39.9 Å². The number of carbonyl (C=O) groups is 5. The fourth-order valence-electron chi connectivity index (χ4n) is 6.66. The summed E-state index contributed by atoms with van der Waals surface area (Å²) in [4.78, 5) is 71.3. The molecule has 0 unspecified atom stereocenters. The standard InChI is InChI=1S/C36H51N5O9S/c1-34(2,3)50-32(45)37-27-17-11-9-7-8-10-16-25-19-36(25,31(44)39-51(47,48)35(4,5)6)38-29(42)28-18-26(22-41(28)30(27)43)49-33(46)40-20-23-14-12-13-15-24(23)21-40/h10,12-16,25-28H,7-9,11,17-22H2,1-6H3,(H,37,45)(H,38,42)(H,39,44)/t25-,26-,27-,28+,36-/m1/s1. The van der Waals surface area contributed by atoms with Crippen LogP contribution in [-0.4, -0.2) is 88.7 Å². The lowest BCUT2D eigenvalue weighted by molar-refractivity contribution is -0.141. The summed E-state index contributed by atoms with van der Waals surface area (Å²) >= 11 is 0. The Hall–Kier alpha value is -4.14. The van der Waals surface area contributed by atoms with E-state index in [1.54, 1.807) is 25.7 Å². The Kier molecular flexibility index (Phi) is 10.8. The molecule has 15 heteroatoms. The van der Waals surface area contributed by atoms with Crippen LogP contribution in [0.2, 0.25) is 0 Å². The van der Waals surface area contributed by atoms with Gasteiger partial charge in [-0.3, -0.25) is 24.0 Å². The zero-order valence-corrected chi connectivity index (χ0v) is 31.1. The van der Waals surface area contributed by atoms with Gasteiger partial charge in [0.2, 0.25) is 21.8 Å². The number of hydrogen-bond acceptors (Lipinski definition) is 9. The first kappa shape index (κ1) is 38.1. The molecule has 5 amide bonds. The van der Waals surface area contributed by atoms with Crippen molar-refractivity contribution in [3.63, 3.8) is 0 Å². The quantitative estimate of drug-likeness (QED) is 0.390. The summed E-state index contributed by atoms with van der Waals surface area (Å²) in [6.45, 7) is 10.1. The summed E-state index contributed by atoms with van der Waals surface area (Å²) in [6, 6.07) is 5.44. The molecule has 0 radical (unpaired) electrons. The van der Waals surface area contributed by atoms with Crippen molar-refractivity contribution in [2.75, 3.05) is 6.54 Å². The van der Waals surface area contributed by atoms with Crippen LogP contribution in [0, 0.1) is 5.92 Å². The van der Waals surface area contributed by atoms with E-state index in [4.69, 9.17) is 9.47 Å². The van der Waals surface area contributed by atoms with Crippen molar-refractivity contribution in [2.45, 2.75) is 134 Å². The van der Waals surface area contributed by atoms with Gasteiger partial charge in [-0.2, -0.15) is 0 Å². The third-order valence-electron chi connectivity index (χ3n) is 9.74. The van der Waals surface area contributed by atoms with Crippen molar-refractivity contribution in [2.24, 2.45) is 5.92 Å². The highest BCUT2D eigenvalue weighted by Gasteiger charge is 2.62. The third kappa shape index (κ3) is 8.85. The summed E-state index contributed by atoms with van der Waals surface area (Å²) in [5.74, 6) is -2.58. The Morgan fingerprint density at radius 1 is 0.980 bits per heavy atom. The smallest absolute Gasteiger partial charge is 0.410 e. The van der Waals surface area contributed by atoms with Gasteiger partial charge in [0, 0.05) is 25.4 Å². The number of allylic oxidation sites excluding steroid dienone is 1. The van der Waals surface area contributed by atoms with Crippen LogP contribution in [0.4, 0.5) is 9.59 Å². The molecule has 1 saturated heterocycles. The topological polar surface area (TPSA) is 181 Å². The fraction of sp³-hybridized carbons (Fsp3) is 0.639. The van der Waals surface area contributed by atoms with Gasteiger partial charge in [-0.25, -0.2) is 18.0 Å². The first-order valence-corrected chi connectivity index (χ1v) is 19.2. The van der Waals surface area contributed by atoms with E-state index in [0.717, 1.165) is 24.0 Å². The van der Waals surface area contributed by atoms with Crippen LogP contribution in [0.5, 0.6) is 0 Å². The van der Waals surface area contributed by atoms with Gasteiger partial charge in [-0.1, -0.05) is 49.3 Å². The number of rotatable bonds is 4. The number of ether oxygens (including phenoxy) is 2. The van der Waals surface area contributed by atoms with Crippen LogP contribution >= 0.6 is 0 Å². The first-order chi connectivity index (χ1) is 23.8. The minimum absolute atomic E-state index is 0.0677. The average Bonchev–Trinajstić information content (AvgIpc) is 3.33. The molecule has 1 aromatic carbocycles. The zero-order chi connectivity index (χ0) is 37.4. The van der Waals surface area contributed by atoms with E-state index in [2.05, 4.69) is 15.4 Å². The highest BCUT2D eigenvalue weighted by molar-refractivity contribution is 7.91. The second-order valence-electron chi connectivity index (χ2n) is 16.0. The molecule has 3 aliphatic heterocycles. The molecule has 1 saturated carbocycles. The molecule has 14 nitrogen and oxygen atoms in total. The normalized spacial score (nSPS) is 27.2. The molecule has 5 atom stereocenters. The van der Waals surface area contributed by atoms with Gasteiger partial charge in [0.1, 0.15) is 29.3 Å². The van der Waals surface area contributed by atoms with E-state index in [1.165, 1.54) is 25.7 Å². The number of amides is 5. The van der Waals surface area contributed by atoms with E-state index >= 15 is 0 Å². The van der Waals surface area contributed by atoms with Crippen LogP contribution in [-0.2, 0) is 47.0 Å². The maximum atomic E-state index is 14.3. The predicted octanol–water partition coefficient (Wildman–Crippen LogP) is 3.64. The van der Waals surface area contributed by atoms with E-state index in [9.17, 15) is 32.4 Å². The van der Waals surface area contributed by atoms with E-state index in [1.807, 2.05) is 36.4 Å². The number of benzene rings is 1. The molecule has 51 heavy (non-hydrogen) atoms. The van der Waals surface area contributed by atoms with Gasteiger partial charge in [-0.05, 0) is 78.4 Å². The van der Waals surface area contributed by atoms with Crippen molar-refractivity contribution < 1.29 is 41.9 Å². The lowest BCUT2D eigenvalue weighted by Gasteiger charge is -2.30. The Labute approximate surface area is 300 Å². The number of fused-ring (bicyclic) bond motifs is 3. The zero-order valence-electron chi connectivity index (χ0n) is 30.3. The van der Waals surface area contributed by atoms with Gasteiger partial charge < -0.3 is 25.0 Å². The lowest BCUT2D eigenvalue weighted by atomic mass is 10.0. The molecule has 3 N–H and O–H groups in total. The van der Waals surface area contributed by atoms with E-state index in [0.29, 0.717) is 25.9 Å². The second-order valence-corrected chi connectivity index (χ2v) is 18.4. The highest BCUT2D eigenvalue weighted by atomic mass is 32.2. The SMILES string of the molecule is CC(C)(C)OC(=O)N[C@@H]1CCCCCC=C[C@@H]2C[C@@]2(C(=O)NS(=O)(=O)C(C)(C)C)NC(=O)[C@@H]2C[C@@H](OC(=O)N3Cc4ccccc4C3)CN2C1=O. The molecule has 0 bridgehead atoms. The first-order valence-electron chi connectivity index (χ1n) is 17.7. The van der Waals surface area contributed by atoms with Crippen molar-refractivity contribution in [3.8, 4) is 0 Å². The Morgan fingerprint density at radius 2 is 1.65 bits per heavy atom. The predicted molar refractivity (Wildman–Crippen MR) is 187 cm³/mol. The minimum atomic E-state index is -4.10. The minimum Gasteiger partial charge on any atom is -0.444 e. The largest absolute Gasteiger partial charge is 0.444 e. The average molecular weight is 730 g/mol. The van der Waals surface area contributed by atoms with Gasteiger partial charge in [0.05, 0.1) is 11.3 Å². The molecule has 280 valence electrons. The molecule has 0 aromatic heterocycles. The summed E-state index contributed by atoms with van der Waals surface area (Å²) in [5, 5.41) is 5.50. The number of nitrogens with zero attached hydrogens (tertiary/aromatic N) is 2.